The first kappa shape index (κ1) is 81.0. The molecular weight excluding hydrogens is 1220 g/mol. The number of phenols is 2. The molecule has 2 aromatic carbocycles. The molecule has 0 radical (unpaired) electrons. The van der Waals surface area contributed by atoms with Gasteiger partial charge in [-0.05, 0) is 177 Å². The lowest BCUT2D eigenvalue weighted by Crippen LogP contribution is -2.61. The summed E-state index contributed by atoms with van der Waals surface area (Å²) >= 11 is 0. The van der Waals surface area contributed by atoms with E-state index in [0.717, 1.165) is 0 Å². The zero-order valence-electron chi connectivity index (χ0n) is 53.7. The average molecular weight is 1320 g/mol. The van der Waals surface area contributed by atoms with Crippen molar-refractivity contribution in [2.24, 2.45) is 51.6 Å². The maximum Gasteiger partial charge on any atom is 0.243 e. The SMILES string of the molecule is N=C(N)NCCC[C@H](NC(=O)[C@H](CCCNC(=N)N)NC(=O)[C@H](Cc1ccc(O)cc1)NC(=O)[C@H](CCCCN)NC(=O)[C@H](Cc1ccc(O)cc1)NC(=O)[C@H](CCCCN)NC(=O)[C@H](CCCCN)NC(=O)[C@@H](N)CCCNC(=N)N)C(=O)N[C@@H](CCCCN)C(N)=O. The largest absolute Gasteiger partial charge is 0.508 e. The smallest absolute Gasteiger partial charge is 0.243 e. The second-order valence-corrected chi connectivity index (χ2v) is 22.8. The monoisotopic (exact) mass is 1320 g/mol. The fourth-order valence-corrected chi connectivity index (χ4v) is 9.67. The second kappa shape index (κ2) is 46.0. The molecule has 0 aliphatic heterocycles. The number of amides is 9. The number of benzene rings is 2. The molecule has 0 bridgehead atoms. The Morgan fingerprint density at radius 3 is 0.840 bits per heavy atom. The number of rotatable bonds is 49. The Morgan fingerprint density at radius 2 is 0.564 bits per heavy atom. The Morgan fingerprint density at radius 1 is 0.330 bits per heavy atom. The Hall–Kier alpha value is -9.12. The fourth-order valence-electron chi connectivity index (χ4n) is 9.67. The van der Waals surface area contributed by atoms with Gasteiger partial charge in [0.05, 0.1) is 6.04 Å². The van der Waals surface area contributed by atoms with Crippen molar-refractivity contribution >= 4 is 71.0 Å². The van der Waals surface area contributed by atoms with Crippen LogP contribution in [0.2, 0.25) is 0 Å². The summed E-state index contributed by atoms with van der Waals surface area (Å²) in [6, 6.07) is -0.416. The minimum absolute atomic E-state index is 0.0318. The van der Waals surface area contributed by atoms with Crippen molar-refractivity contribution in [1.82, 2.24) is 58.5 Å². The van der Waals surface area contributed by atoms with Gasteiger partial charge in [-0.2, -0.15) is 0 Å². The van der Waals surface area contributed by atoms with Crippen molar-refractivity contribution < 1.29 is 53.4 Å². The highest BCUT2D eigenvalue weighted by atomic mass is 16.3. The van der Waals surface area contributed by atoms with E-state index in [1.807, 2.05) is 0 Å². The normalized spacial score (nSPS) is 13.8. The second-order valence-electron chi connectivity index (χ2n) is 22.8. The van der Waals surface area contributed by atoms with Crippen molar-refractivity contribution in [3.63, 3.8) is 0 Å². The lowest BCUT2D eigenvalue weighted by molar-refractivity contribution is -0.136. The lowest BCUT2D eigenvalue weighted by atomic mass is 10.0. The molecule has 34 N–H and O–H groups in total. The molecule has 0 saturated heterocycles. The minimum Gasteiger partial charge on any atom is -0.508 e. The summed E-state index contributed by atoms with van der Waals surface area (Å²) in [5, 5.41) is 72.5. The highest BCUT2D eigenvalue weighted by Crippen LogP contribution is 2.16. The number of hydrogen-bond acceptors (Lipinski definition) is 19. The van der Waals surface area contributed by atoms with E-state index in [0.29, 0.717) is 75.6 Å². The number of phenolic OH excluding ortho intramolecular Hbond substituents is 2. The van der Waals surface area contributed by atoms with Crippen LogP contribution in [-0.4, -0.2) is 181 Å². The van der Waals surface area contributed by atoms with Crippen molar-refractivity contribution in [3.8, 4) is 11.5 Å². The number of primary amides is 1. The number of nitrogens with two attached hydrogens (primary N) is 9. The molecule has 34 nitrogen and oxygen atoms in total. The number of unbranched alkanes of at least 4 members (excludes halogenated alkanes) is 4. The van der Waals surface area contributed by atoms with Gasteiger partial charge in [0, 0.05) is 32.5 Å². The number of hydrogen-bond donors (Lipinski definition) is 25. The molecule has 0 fully saturated rings. The van der Waals surface area contributed by atoms with Crippen LogP contribution in [0, 0.1) is 16.2 Å². The van der Waals surface area contributed by atoms with Crippen LogP contribution < -0.4 is 110 Å². The van der Waals surface area contributed by atoms with Gasteiger partial charge in [0.15, 0.2) is 17.9 Å². The van der Waals surface area contributed by atoms with Gasteiger partial charge in [-0.15, -0.1) is 0 Å². The molecule has 0 heterocycles. The molecule has 94 heavy (non-hydrogen) atoms. The molecule has 0 unspecified atom stereocenters. The minimum atomic E-state index is -1.53. The Kier molecular flexibility index (Phi) is 39.7. The molecule has 9 amide bonds. The van der Waals surface area contributed by atoms with Gasteiger partial charge in [0.2, 0.25) is 53.2 Å². The van der Waals surface area contributed by atoms with Crippen LogP contribution in [0.15, 0.2) is 48.5 Å². The number of guanidine groups is 3. The standard InChI is InChI=1S/C60H105N23O11/c61-27-5-1-13-41(49(66)86)76-51(88)45(17-10-32-74-59(69)70)79-53(90)46(18-11-33-75-60(71)72)81-57(94)48(35-37-21-25-39(85)26-22-37)83-55(92)44(16-4-8-30-64)80-56(93)47(34-36-19-23-38(84)24-20-36)82-54(91)43(15-3-7-29-63)78-52(89)42(14-2-6-28-62)77-50(87)40(65)12-9-31-73-58(67)68/h19-26,40-48,84-85H,1-18,27-35,61-65H2,(H2,66,86)(H,76,88)(H,77,87)(H,78,89)(H,79,90)(H,80,93)(H,81,94)(H,82,91)(H,83,92)(H4,67,68,73)(H4,69,70,74)(H4,71,72,75)/t40-,41-,42-,43-,44-,45-,46-,47-,48-/m0/s1. The molecule has 34 heteroatoms. The number of carbonyl (C=O) groups excluding carboxylic acids is 9. The van der Waals surface area contributed by atoms with Crippen LogP contribution in [0.25, 0.3) is 0 Å². The molecule has 2 aromatic rings. The van der Waals surface area contributed by atoms with E-state index in [-0.39, 0.29) is 139 Å². The first-order valence-electron chi connectivity index (χ1n) is 31.9. The van der Waals surface area contributed by atoms with Crippen LogP contribution in [0.1, 0.15) is 127 Å². The summed E-state index contributed by atoms with van der Waals surface area (Å²) in [5.74, 6) is -8.55. The molecule has 0 aliphatic carbocycles. The summed E-state index contributed by atoms with van der Waals surface area (Å²) in [5.41, 5.74) is 52.2. The first-order valence-corrected chi connectivity index (χ1v) is 31.9. The van der Waals surface area contributed by atoms with E-state index in [4.69, 9.17) is 67.8 Å². The van der Waals surface area contributed by atoms with E-state index in [9.17, 15) is 53.4 Å². The molecule has 9 atom stereocenters. The zero-order chi connectivity index (χ0) is 70.0. The van der Waals surface area contributed by atoms with Crippen LogP contribution in [0.3, 0.4) is 0 Å². The van der Waals surface area contributed by atoms with Gasteiger partial charge >= 0.3 is 0 Å². The summed E-state index contributed by atoms with van der Waals surface area (Å²) in [7, 11) is 0. The predicted molar refractivity (Wildman–Crippen MR) is 355 cm³/mol. The fraction of sp³-hybridized carbons (Fsp3) is 0.600. The number of aromatic hydroxyl groups is 2. The molecular formula is C60H105N23O11. The molecule has 526 valence electrons. The Balaban J connectivity index is 2.67. The third-order valence-corrected chi connectivity index (χ3v) is 14.9. The van der Waals surface area contributed by atoms with Crippen molar-refractivity contribution in [2.75, 3.05) is 45.8 Å². The predicted octanol–water partition coefficient (Wildman–Crippen LogP) is -5.12. The van der Waals surface area contributed by atoms with Gasteiger partial charge in [0.25, 0.3) is 0 Å². The average Bonchev–Trinajstić information content (AvgIpc) is 0.913. The lowest BCUT2D eigenvalue weighted by Gasteiger charge is -2.28. The zero-order valence-corrected chi connectivity index (χ0v) is 53.7. The Bertz CT molecular complexity index is 2710. The van der Waals surface area contributed by atoms with Gasteiger partial charge in [-0.25, -0.2) is 0 Å². The Labute approximate surface area is 548 Å². The van der Waals surface area contributed by atoms with Crippen molar-refractivity contribution in [2.45, 2.75) is 183 Å². The molecule has 0 aromatic heterocycles. The van der Waals surface area contributed by atoms with Gasteiger partial charge in [0.1, 0.15) is 59.8 Å². The van der Waals surface area contributed by atoms with E-state index in [1.165, 1.54) is 48.5 Å². The quantitative estimate of drug-likeness (QED) is 0.0167. The number of carbonyl (C=O) groups is 9. The van der Waals surface area contributed by atoms with E-state index < -0.39 is 108 Å². The third kappa shape index (κ3) is 34.0. The number of nitrogens with one attached hydrogen (secondary N) is 14. The van der Waals surface area contributed by atoms with Crippen LogP contribution >= 0.6 is 0 Å². The van der Waals surface area contributed by atoms with Gasteiger partial charge < -0.3 is 120 Å². The van der Waals surface area contributed by atoms with Crippen molar-refractivity contribution in [1.29, 1.82) is 16.2 Å². The molecule has 0 saturated carbocycles. The topological polar surface area (TPSA) is 632 Å². The van der Waals surface area contributed by atoms with Gasteiger partial charge in [-0.1, -0.05) is 24.3 Å². The summed E-state index contributed by atoms with van der Waals surface area (Å²) in [6.45, 7) is 1.50. The maximum atomic E-state index is 14.9. The summed E-state index contributed by atoms with van der Waals surface area (Å²) < 4.78 is 0. The van der Waals surface area contributed by atoms with Crippen molar-refractivity contribution in [3.05, 3.63) is 59.7 Å². The maximum absolute atomic E-state index is 14.9. The van der Waals surface area contributed by atoms with Crippen LogP contribution in [0.5, 0.6) is 11.5 Å². The van der Waals surface area contributed by atoms with E-state index in [1.54, 1.807) is 0 Å². The van der Waals surface area contributed by atoms with Crippen LogP contribution in [0.4, 0.5) is 0 Å². The molecule has 0 aliphatic rings. The third-order valence-electron chi connectivity index (χ3n) is 14.9. The highest BCUT2D eigenvalue weighted by Gasteiger charge is 2.35. The molecule has 2 rings (SSSR count). The van der Waals surface area contributed by atoms with Gasteiger partial charge in [-0.3, -0.25) is 59.4 Å². The van der Waals surface area contributed by atoms with E-state index in [2.05, 4.69) is 58.5 Å². The van der Waals surface area contributed by atoms with Crippen LogP contribution in [-0.2, 0) is 56.0 Å². The molecule has 0 spiro atoms. The van der Waals surface area contributed by atoms with E-state index >= 15 is 0 Å². The summed E-state index contributed by atoms with van der Waals surface area (Å²) in [4.78, 5) is 128. The highest BCUT2D eigenvalue weighted by molar-refractivity contribution is 5.98. The summed E-state index contributed by atoms with van der Waals surface area (Å²) in [6.07, 6.45) is 3.76. The first-order chi connectivity index (χ1) is 44.8.